The van der Waals surface area contributed by atoms with Crippen molar-refractivity contribution in [3.8, 4) is 5.75 Å². The van der Waals surface area contributed by atoms with Crippen LogP contribution in [0, 0.1) is 5.82 Å². The molecular formula is C28H30FN3O2. The topological polar surface area (TPSA) is 56.1 Å². The number of aromatic nitrogens is 2. The van der Waals surface area contributed by atoms with Gasteiger partial charge in [-0.15, -0.1) is 0 Å². The van der Waals surface area contributed by atoms with E-state index in [1.165, 1.54) is 17.7 Å². The van der Waals surface area contributed by atoms with Crippen LogP contribution < -0.4 is 10.1 Å². The number of imidazole rings is 1. The van der Waals surface area contributed by atoms with E-state index < -0.39 is 11.7 Å². The maximum absolute atomic E-state index is 13.9. The number of fused-ring (bicyclic) bond motifs is 1. The van der Waals surface area contributed by atoms with Crippen molar-refractivity contribution in [3.63, 3.8) is 0 Å². The van der Waals surface area contributed by atoms with Gasteiger partial charge in [-0.25, -0.2) is 9.37 Å². The molecule has 0 unspecified atom stereocenters. The monoisotopic (exact) mass is 459 g/mol. The lowest BCUT2D eigenvalue weighted by atomic mass is 10.0. The molecule has 0 aliphatic carbocycles. The highest BCUT2D eigenvalue weighted by Gasteiger charge is 2.14. The number of amides is 1. The van der Waals surface area contributed by atoms with E-state index in [2.05, 4.69) is 29.8 Å². The third-order valence-electron chi connectivity index (χ3n) is 5.83. The molecule has 1 aromatic heterocycles. The van der Waals surface area contributed by atoms with E-state index in [0.717, 1.165) is 42.0 Å². The highest BCUT2D eigenvalue weighted by atomic mass is 19.1. The molecule has 0 saturated heterocycles. The Morgan fingerprint density at radius 3 is 2.56 bits per heavy atom. The Balaban J connectivity index is 1.39. The maximum Gasteiger partial charge on any atom is 0.254 e. The number of carbonyl (C=O) groups is 1. The summed E-state index contributed by atoms with van der Waals surface area (Å²) in [6.07, 6.45) is 1.79. The minimum atomic E-state index is -0.535. The summed E-state index contributed by atoms with van der Waals surface area (Å²) in [5.74, 6) is 1.12. The van der Waals surface area contributed by atoms with Crippen molar-refractivity contribution in [3.05, 3.63) is 95.6 Å². The lowest BCUT2D eigenvalue weighted by Crippen LogP contribution is -2.25. The molecule has 1 N–H and O–H groups in total. The van der Waals surface area contributed by atoms with E-state index in [1.54, 1.807) is 12.1 Å². The average Bonchev–Trinajstić information content (AvgIpc) is 3.20. The number of ether oxygens (including phenoxy) is 1. The van der Waals surface area contributed by atoms with Gasteiger partial charge in [0.25, 0.3) is 5.91 Å². The van der Waals surface area contributed by atoms with E-state index in [4.69, 9.17) is 9.72 Å². The largest absolute Gasteiger partial charge is 0.493 e. The zero-order chi connectivity index (χ0) is 23.9. The molecule has 0 bridgehead atoms. The van der Waals surface area contributed by atoms with Crippen LogP contribution in [0.3, 0.4) is 0 Å². The summed E-state index contributed by atoms with van der Waals surface area (Å²) >= 11 is 0. The van der Waals surface area contributed by atoms with Crippen molar-refractivity contribution in [2.45, 2.75) is 45.7 Å². The van der Waals surface area contributed by atoms with Gasteiger partial charge >= 0.3 is 0 Å². The van der Waals surface area contributed by atoms with Crippen LogP contribution in [0.4, 0.5) is 4.39 Å². The Morgan fingerprint density at radius 1 is 1.00 bits per heavy atom. The van der Waals surface area contributed by atoms with E-state index in [1.807, 2.05) is 42.5 Å². The van der Waals surface area contributed by atoms with E-state index in [9.17, 15) is 9.18 Å². The number of hydrogen-bond acceptors (Lipinski definition) is 3. The van der Waals surface area contributed by atoms with E-state index in [-0.39, 0.29) is 12.1 Å². The number of halogens is 1. The fourth-order valence-electron chi connectivity index (χ4n) is 4.05. The second-order valence-electron chi connectivity index (χ2n) is 8.58. The molecule has 0 atom stereocenters. The minimum absolute atomic E-state index is 0.0315. The fourth-order valence-corrected chi connectivity index (χ4v) is 4.05. The van der Waals surface area contributed by atoms with Gasteiger partial charge in [0, 0.05) is 6.54 Å². The minimum Gasteiger partial charge on any atom is -0.493 e. The molecule has 0 fully saturated rings. The predicted octanol–water partition coefficient (Wildman–Crippen LogP) is 6.09. The SMILES string of the molecule is CC(C)c1ccccc1OCCCCn1c(CNC(=O)c2ccccc2F)nc2ccccc21. The number of para-hydroxylation sites is 3. The van der Waals surface area contributed by atoms with Crippen molar-refractivity contribution in [1.82, 2.24) is 14.9 Å². The van der Waals surface area contributed by atoms with Crippen LogP contribution in [0.5, 0.6) is 5.75 Å². The molecule has 1 heterocycles. The molecule has 176 valence electrons. The van der Waals surface area contributed by atoms with Crippen molar-refractivity contribution in [2.24, 2.45) is 0 Å². The molecule has 0 radical (unpaired) electrons. The van der Waals surface area contributed by atoms with Gasteiger partial charge in [0.05, 0.1) is 29.7 Å². The molecule has 5 nitrogen and oxygen atoms in total. The van der Waals surface area contributed by atoms with Gasteiger partial charge in [0.2, 0.25) is 0 Å². The van der Waals surface area contributed by atoms with Gasteiger partial charge in [-0.3, -0.25) is 4.79 Å². The maximum atomic E-state index is 13.9. The first-order valence-corrected chi connectivity index (χ1v) is 11.7. The number of benzene rings is 3. The molecule has 0 saturated carbocycles. The average molecular weight is 460 g/mol. The van der Waals surface area contributed by atoms with Gasteiger partial charge in [0.1, 0.15) is 17.4 Å². The number of nitrogens with one attached hydrogen (secondary N) is 1. The third-order valence-corrected chi connectivity index (χ3v) is 5.83. The normalized spacial score (nSPS) is 11.2. The molecule has 3 aromatic carbocycles. The van der Waals surface area contributed by atoms with Crippen molar-refractivity contribution >= 4 is 16.9 Å². The lowest BCUT2D eigenvalue weighted by Gasteiger charge is -2.14. The Labute approximate surface area is 199 Å². The molecule has 0 aliphatic rings. The third kappa shape index (κ3) is 5.45. The number of unbranched alkanes of at least 4 members (excludes halogenated alkanes) is 1. The zero-order valence-electron chi connectivity index (χ0n) is 19.6. The Morgan fingerprint density at radius 2 is 1.74 bits per heavy atom. The quantitative estimate of drug-likeness (QED) is 0.292. The Kier molecular flexibility index (Phi) is 7.58. The van der Waals surface area contributed by atoms with Crippen LogP contribution in [0.25, 0.3) is 11.0 Å². The highest BCUT2D eigenvalue weighted by Crippen LogP contribution is 2.26. The summed E-state index contributed by atoms with van der Waals surface area (Å²) in [6.45, 7) is 5.94. The summed E-state index contributed by atoms with van der Waals surface area (Å²) < 4.78 is 22.1. The van der Waals surface area contributed by atoms with Gasteiger partial charge in [-0.05, 0) is 54.7 Å². The van der Waals surface area contributed by atoms with Gasteiger partial charge in [-0.2, -0.15) is 0 Å². The molecule has 4 rings (SSSR count). The van der Waals surface area contributed by atoms with Crippen LogP contribution in [0.15, 0.2) is 72.8 Å². The van der Waals surface area contributed by atoms with Crippen LogP contribution >= 0.6 is 0 Å². The number of carbonyl (C=O) groups excluding carboxylic acids is 1. The first-order chi connectivity index (χ1) is 16.5. The molecular weight excluding hydrogens is 429 g/mol. The Hall–Kier alpha value is -3.67. The number of hydrogen-bond donors (Lipinski definition) is 1. The van der Waals surface area contributed by atoms with Crippen molar-refractivity contribution in [1.29, 1.82) is 0 Å². The van der Waals surface area contributed by atoms with Crippen LogP contribution in [0.2, 0.25) is 0 Å². The first kappa shape index (κ1) is 23.5. The van der Waals surface area contributed by atoms with Crippen molar-refractivity contribution < 1.29 is 13.9 Å². The standard InChI is InChI=1S/C28H30FN3O2/c1-20(2)21-11-4-8-16-26(21)34-18-10-9-17-32-25-15-7-6-14-24(25)31-27(32)19-30-28(33)22-12-3-5-13-23(22)29/h3-8,11-16,20H,9-10,17-19H2,1-2H3,(H,30,33). The van der Waals surface area contributed by atoms with Crippen LogP contribution in [-0.2, 0) is 13.1 Å². The van der Waals surface area contributed by atoms with Gasteiger partial charge in [0.15, 0.2) is 0 Å². The highest BCUT2D eigenvalue weighted by molar-refractivity contribution is 5.94. The zero-order valence-corrected chi connectivity index (χ0v) is 19.6. The fraction of sp³-hybridized carbons (Fsp3) is 0.286. The van der Waals surface area contributed by atoms with Gasteiger partial charge in [-0.1, -0.05) is 56.3 Å². The smallest absolute Gasteiger partial charge is 0.254 e. The lowest BCUT2D eigenvalue weighted by molar-refractivity contribution is 0.0945. The van der Waals surface area contributed by atoms with E-state index >= 15 is 0 Å². The molecule has 6 heteroatoms. The first-order valence-electron chi connectivity index (χ1n) is 11.7. The molecule has 1 amide bonds. The van der Waals surface area contributed by atoms with Gasteiger partial charge < -0.3 is 14.6 Å². The second-order valence-corrected chi connectivity index (χ2v) is 8.58. The van der Waals surface area contributed by atoms with Crippen molar-refractivity contribution in [2.75, 3.05) is 6.61 Å². The summed E-state index contributed by atoms with van der Waals surface area (Å²) in [5.41, 5.74) is 3.14. The Bertz CT molecular complexity index is 1270. The molecule has 0 spiro atoms. The van der Waals surface area contributed by atoms with Crippen LogP contribution in [-0.4, -0.2) is 22.1 Å². The summed E-state index contributed by atoms with van der Waals surface area (Å²) in [7, 11) is 0. The number of aryl methyl sites for hydroxylation is 1. The molecule has 4 aromatic rings. The summed E-state index contributed by atoms with van der Waals surface area (Å²) in [5, 5.41) is 2.81. The molecule has 0 aliphatic heterocycles. The molecule has 34 heavy (non-hydrogen) atoms. The second kappa shape index (κ2) is 11.0. The number of rotatable bonds is 10. The summed E-state index contributed by atoms with van der Waals surface area (Å²) in [4.78, 5) is 17.2. The van der Waals surface area contributed by atoms with Crippen LogP contribution in [0.1, 0.15) is 54.4 Å². The number of nitrogens with zero attached hydrogens (tertiary/aromatic N) is 2. The summed E-state index contributed by atoms with van der Waals surface area (Å²) in [6, 6.07) is 22.1. The predicted molar refractivity (Wildman–Crippen MR) is 133 cm³/mol. The van der Waals surface area contributed by atoms with E-state index in [0.29, 0.717) is 12.5 Å².